The van der Waals surface area contributed by atoms with Gasteiger partial charge in [-0.25, -0.2) is 0 Å². The van der Waals surface area contributed by atoms with Crippen molar-refractivity contribution in [3.8, 4) is 0 Å². The van der Waals surface area contributed by atoms with Gasteiger partial charge in [0.1, 0.15) is 6.10 Å². The van der Waals surface area contributed by atoms with Crippen molar-refractivity contribution >= 4 is 15.9 Å². The van der Waals surface area contributed by atoms with Crippen molar-refractivity contribution in [2.45, 2.75) is 38.3 Å². The van der Waals surface area contributed by atoms with Crippen LogP contribution in [0.15, 0.2) is 53.3 Å². The van der Waals surface area contributed by atoms with Gasteiger partial charge in [0.2, 0.25) is 0 Å². The highest BCUT2D eigenvalue weighted by molar-refractivity contribution is 9.10. The van der Waals surface area contributed by atoms with Crippen LogP contribution in [0, 0.1) is 0 Å². The Morgan fingerprint density at radius 2 is 2.08 bits per heavy atom. The fourth-order valence-corrected chi connectivity index (χ4v) is 3.19. The number of hydrogen-bond acceptors (Lipinski definition) is 4. The average molecular weight is 392 g/mol. The SMILES string of the molecule is Brc1cnccc1C(COC1CCCCO1)OCc1ccccc1. The van der Waals surface area contributed by atoms with Crippen molar-refractivity contribution < 1.29 is 14.2 Å². The van der Waals surface area contributed by atoms with E-state index in [1.165, 1.54) is 0 Å². The van der Waals surface area contributed by atoms with Gasteiger partial charge in [-0.2, -0.15) is 0 Å². The number of nitrogens with zero attached hydrogens (tertiary/aromatic N) is 1. The lowest BCUT2D eigenvalue weighted by Gasteiger charge is -2.26. The number of rotatable bonds is 7. The molecule has 1 aromatic carbocycles. The molecule has 0 bridgehead atoms. The van der Waals surface area contributed by atoms with Crippen LogP contribution in [0.3, 0.4) is 0 Å². The van der Waals surface area contributed by atoms with E-state index in [9.17, 15) is 0 Å². The molecule has 0 spiro atoms. The molecule has 0 amide bonds. The van der Waals surface area contributed by atoms with Gasteiger partial charge in [-0.3, -0.25) is 4.98 Å². The summed E-state index contributed by atoms with van der Waals surface area (Å²) in [5, 5.41) is 0. The molecule has 2 aromatic rings. The lowest BCUT2D eigenvalue weighted by atomic mass is 10.1. The van der Waals surface area contributed by atoms with Gasteiger partial charge in [-0.05, 0) is 46.8 Å². The third kappa shape index (κ3) is 5.11. The molecule has 0 aliphatic carbocycles. The Balaban J connectivity index is 1.65. The third-order valence-electron chi connectivity index (χ3n) is 4.02. The summed E-state index contributed by atoms with van der Waals surface area (Å²) < 4.78 is 18.7. The van der Waals surface area contributed by atoms with Crippen molar-refractivity contribution in [3.63, 3.8) is 0 Å². The first-order chi connectivity index (χ1) is 11.8. The first kappa shape index (κ1) is 17.5. The minimum Gasteiger partial charge on any atom is -0.366 e. The molecular formula is C19H22BrNO3. The van der Waals surface area contributed by atoms with E-state index in [1.54, 1.807) is 12.4 Å². The van der Waals surface area contributed by atoms with Crippen molar-refractivity contribution in [1.29, 1.82) is 0 Å². The van der Waals surface area contributed by atoms with E-state index in [4.69, 9.17) is 14.2 Å². The van der Waals surface area contributed by atoms with E-state index in [0.717, 1.165) is 41.5 Å². The normalized spacial score (nSPS) is 19.1. The number of aromatic nitrogens is 1. The van der Waals surface area contributed by atoms with Crippen molar-refractivity contribution in [3.05, 3.63) is 64.4 Å². The molecule has 1 fully saturated rings. The molecular weight excluding hydrogens is 370 g/mol. The van der Waals surface area contributed by atoms with Gasteiger partial charge in [0.15, 0.2) is 6.29 Å². The van der Waals surface area contributed by atoms with E-state index in [1.807, 2.05) is 24.3 Å². The molecule has 24 heavy (non-hydrogen) atoms. The molecule has 128 valence electrons. The zero-order valence-corrected chi connectivity index (χ0v) is 15.2. The lowest BCUT2D eigenvalue weighted by Crippen LogP contribution is -2.25. The fourth-order valence-electron chi connectivity index (χ4n) is 2.68. The third-order valence-corrected chi connectivity index (χ3v) is 4.68. The van der Waals surface area contributed by atoms with Gasteiger partial charge in [-0.1, -0.05) is 30.3 Å². The van der Waals surface area contributed by atoms with Gasteiger partial charge < -0.3 is 14.2 Å². The van der Waals surface area contributed by atoms with Crippen LogP contribution in [0.5, 0.6) is 0 Å². The van der Waals surface area contributed by atoms with Crippen LogP contribution in [0.2, 0.25) is 0 Å². The maximum Gasteiger partial charge on any atom is 0.157 e. The molecule has 4 nitrogen and oxygen atoms in total. The summed E-state index contributed by atoms with van der Waals surface area (Å²) in [4.78, 5) is 4.13. The highest BCUT2D eigenvalue weighted by Gasteiger charge is 2.20. The fraction of sp³-hybridized carbons (Fsp3) is 0.421. The summed E-state index contributed by atoms with van der Waals surface area (Å²) >= 11 is 3.56. The number of pyridine rings is 1. The monoisotopic (exact) mass is 391 g/mol. The van der Waals surface area contributed by atoms with Crippen LogP contribution >= 0.6 is 15.9 Å². The number of ether oxygens (including phenoxy) is 3. The molecule has 1 aliphatic rings. The Hall–Kier alpha value is -1.27. The average Bonchev–Trinajstić information content (AvgIpc) is 2.64. The number of benzene rings is 1. The molecule has 2 unspecified atom stereocenters. The van der Waals surface area contributed by atoms with E-state index in [0.29, 0.717) is 13.2 Å². The smallest absolute Gasteiger partial charge is 0.157 e. The standard InChI is InChI=1S/C19H22BrNO3/c20-17-12-21-10-9-16(17)18(14-24-19-8-4-5-11-22-19)23-13-15-6-2-1-3-7-15/h1-3,6-7,9-10,12,18-19H,4-5,8,11,13-14H2. The molecule has 0 radical (unpaired) electrons. The molecule has 0 saturated carbocycles. The summed E-state index contributed by atoms with van der Waals surface area (Å²) in [5.74, 6) is 0. The van der Waals surface area contributed by atoms with E-state index < -0.39 is 0 Å². The predicted octanol–water partition coefficient (Wildman–Crippen LogP) is 4.65. The van der Waals surface area contributed by atoms with Gasteiger partial charge in [0.05, 0.1) is 13.2 Å². The lowest BCUT2D eigenvalue weighted by molar-refractivity contribution is -0.181. The molecule has 2 atom stereocenters. The van der Waals surface area contributed by atoms with Crippen molar-refractivity contribution in [2.24, 2.45) is 0 Å². The summed E-state index contributed by atoms with van der Waals surface area (Å²) in [7, 11) is 0. The minimum atomic E-state index is -0.173. The van der Waals surface area contributed by atoms with Crippen molar-refractivity contribution in [1.82, 2.24) is 4.98 Å². The van der Waals surface area contributed by atoms with Crippen LogP contribution in [0.25, 0.3) is 0 Å². The number of halogens is 1. The second-order valence-electron chi connectivity index (χ2n) is 5.81. The Labute approximate surface area is 151 Å². The Kier molecular flexibility index (Phi) is 6.78. The summed E-state index contributed by atoms with van der Waals surface area (Å²) in [6, 6.07) is 12.1. The summed E-state index contributed by atoms with van der Waals surface area (Å²) in [6.07, 6.45) is 6.47. The highest BCUT2D eigenvalue weighted by atomic mass is 79.9. The van der Waals surface area contributed by atoms with Gasteiger partial charge in [-0.15, -0.1) is 0 Å². The van der Waals surface area contributed by atoms with Gasteiger partial charge >= 0.3 is 0 Å². The number of hydrogen-bond donors (Lipinski definition) is 0. The first-order valence-electron chi connectivity index (χ1n) is 8.31. The molecule has 0 N–H and O–H groups in total. The second kappa shape index (κ2) is 9.28. The van der Waals surface area contributed by atoms with Crippen LogP contribution < -0.4 is 0 Å². The molecule has 5 heteroatoms. The van der Waals surface area contributed by atoms with Crippen LogP contribution in [-0.2, 0) is 20.8 Å². The van der Waals surface area contributed by atoms with Gasteiger partial charge in [0.25, 0.3) is 0 Å². The van der Waals surface area contributed by atoms with Crippen LogP contribution in [0.4, 0.5) is 0 Å². The Morgan fingerprint density at radius 3 is 2.83 bits per heavy atom. The van der Waals surface area contributed by atoms with Gasteiger partial charge in [0, 0.05) is 29.0 Å². The predicted molar refractivity (Wildman–Crippen MR) is 95.5 cm³/mol. The molecule has 2 heterocycles. The zero-order valence-electron chi connectivity index (χ0n) is 13.6. The molecule has 3 rings (SSSR count). The van der Waals surface area contributed by atoms with E-state index in [-0.39, 0.29) is 12.4 Å². The topological polar surface area (TPSA) is 40.6 Å². The van der Waals surface area contributed by atoms with E-state index >= 15 is 0 Å². The summed E-state index contributed by atoms with van der Waals surface area (Å²) in [6.45, 7) is 1.77. The van der Waals surface area contributed by atoms with Crippen LogP contribution in [-0.4, -0.2) is 24.5 Å². The maximum atomic E-state index is 6.15. The maximum absolute atomic E-state index is 6.15. The quantitative estimate of drug-likeness (QED) is 0.688. The molecule has 1 aromatic heterocycles. The first-order valence-corrected chi connectivity index (χ1v) is 9.10. The molecule has 1 aliphatic heterocycles. The Bertz CT molecular complexity index is 617. The summed E-state index contributed by atoms with van der Waals surface area (Å²) in [5.41, 5.74) is 2.18. The van der Waals surface area contributed by atoms with E-state index in [2.05, 4.69) is 33.0 Å². The highest BCUT2D eigenvalue weighted by Crippen LogP contribution is 2.27. The molecule has 1 saturated heterocycles. The van der Waals surface area contributed by atoms with Crippen LogP contribution in [0.1, 0.15) is 36.5 Å². The second-order valence-corrected chi connectivity index (χ2v) is 6.67. The van der Waals surface area contributed by atoms with Crippen molar-refractivity contribution in [2.75, 3.05) is 13.2 Å². The minimum absolute atomic E-state index is 0.123. The Morgan fingerprint density at radius 1 is 1.21 bits per heavy atom. The largest absolute Gasteiger partial charge is 0.366 e. The zero-order chi connectivity index (χ0) is 16.6.